The average Bonchev–Trinajstić information content (AvgIpc) is 2.94. The van der Waals surface area contributed by atoms with Crippen LogP contribution in [0.5, 0.6) is 0 Å². The van der Waals surface area contributed by atoms with Gasteiger partial charge in [0.2, 0.25) is 0 Å². The highest BCUT2D eigenvalue weighted by atomic mass is 32.1. The fourth-order valence-corrected chi connectivity index (χ4v) is 3.06. The molecule has 0 aliphatic rings. The zero-order valence-corrected chi connectivity index (χ0v) is 12.0. The number of rotatable bonds is 6. The molecule has 18 heavy (non-hydrogen) atoms. The van der Waals surface area contributed by atoms with Gasteiger partial charge in [-0.3, -0.25) is 0 Å². The number of hydrogen-bond acceptors (Lipinski definition) is 2. The third-order valence-electron chi connectivity index (χ3n) is 3.17. The molecule has 1 nitrogen and oxygen atoms in total. The fraction of sp³-hybridized carbons (Fsp3) is 0.375. The van der Waals surface area contributed by atoms with E-state index in [-0.39, 0.29) is 0 Å². The number of nitrogens with one attached hydrogen (secondary N) is 1. The van der Waals surface area contributed by atoms with Crippen LogP contribution < -0.4 is 5.32 Å². The van der Waals surface area contributed by atoms with Crippen molar-refractivity contribution >= 4 is 11.3 Å². The highest BCUT2D eigenvalue weighted by molar-refractivity contribution is 7.10. The Kier molecular flexibility index (Phi) is 4.97. The molecule has 1 aromatic heterocycles. The van der Waals surface area contributed by atoms with Gasteiger partial charge in [0.1, 0.15) is 0 Å². The van der Waals surface area contributed by atoms with Gasteiger partial charge in [-0.2, -0.15) is 0 Å². The van der Waals surface area contributed by atoms with E-state index in [1.165, 1.54) is 16.0 Å². The quantitative estimate of drug-likeness (QED) is 0.811. The van der Waals surface area contributed by atoms with Gasteiger partial charge in [0.25, 0.3) is 0 Å². The van der Waals surface area contributed by atoms with Crippen molar-refractivity contribution in [3.8, 4) is 0 Å². The zero-order chi connectivity index (χ0) is 12.8. The van der Waals surface area contributed by atoms with Gasteiger partial charge in [0, 0.05) is 4.88 Å². The second-order valence-electron chi connectivity index (χ2n) is 4.45. The SMILES string of the molecule is CCCNC(c1cccs1)c1ccccc1CC. The van der Waals surface area contributed by atoms with Gasteiger partial charge in [-0.15, -0.1) is 11.3 Å². The molecule has 0 saturated heterocycles. The molecule has 1 unspecified atom stereocenters. The van der Waals surface area contributed by atoms with E-state index in [2.05, 4.69) is 60.9 Å². The molecule has 0 spiro atoms. The third kappa shape index (κ3) is 3.01. The van der Waals surface area contributed by atoms with Crippen LogP contribution in [-0.2, 0) is 6.42 Å². The predicted octanol–water partition coefficient (Wildman–Crippen LogP) is 4.40. The topological polar surface area (TPSA) is 12.0 Å². The van der Waals surface area contributed by atoms with Crippen molar-refractivity contribution in [3.63, 3.8) is 0 Å². The van der Waals surface area contributed by atoms with E-state index < -0.39 is 0 Å². The summed E-state index contributed by atoms with van der Waals surface area (Å²) in [5.41, 5.74) is 2.87. The summed E-state index contributed by atoms with van der Waals surface area (Å²) in [6, 6.07) is 13.5. The summed E-state index contributed by atoms with van der Waals surface area (Å²) in [5, 5.41) is 5.83. The molecule has 0 fully saturated rings. The Hall–Kier alpha value is -1.12. The van der Waals surface area contributed by atoms with Gasteiger partial charge in [-0.1, -0.05) is 44.2 Å². The molecule has 1 aromatic carbocycles. The first-order chi connectivity index (χ1) is 8.86. The first-order valence-corrected chi connectivity index (χ1v) is 7.59. The summed E-state index contributed by atoms with van der Waals surface area (Å²) in [6.45, 7) is 5.49. The molecule has 0 saturated carbocycles. The maximum absolute atomic E-state index is 3.67. The molecular formula is C16H21NS. The maximum Gasteiger partial charge on any atom is 0.0673 e. The second-order valence-corrected chi connectivity index (χ2v) is 5.43. The minimum absolute atomic E-state index is 0.348. The normalized spacial score (nSPS) is 12.6. The van der Waals surface area contributed by atoms with E-state index in [0.717, 1.165) is 19.4 Å². The van der Waals surface area contributed by atoms with Crippen LogP contribution in [0.4, 0.5) is 0 Å². The molecular weight excluding hydrogens is 238 g/mol. The van der Waals surface area contributed by atoms with Crippen molar-refractivity contribution in [1.82, 2.24) is 5.32 Å². The Morgan fingerprint density at radius 3 is 2.61 bits per heavy atom. The van der Waals surface area contributed by atoms with E-state index in [4.69, 9.17) is 0 Å². The van der Waals surface area contributed by atoms with Gasteiger partial charge >= 0.3 is 0 Å². The number of hydrogen-bond donors (Lipinski definition) is 1. The van der Waals surface area contributed by atoms with Crippen LogP contribution in [0.3, 0.4) is 0 Å². The summed E-state index contributed by atoms with van der Waals surface area (Å²) in [7, 11) is 0. The van der Waals surface area contributed by atoms with E-state index in [9.17, 15) is 0 Å². The van der Waals surface area contributed by atoms with Gasteiger partial charge in [-0.05, 0) is 42.0 Å². The number of benzene rings is 1. The molecule has 96 valence electrons. The smallest absolute Gasteiger partial charge is 0.0673 e. The van der Waals surface area contributed by atoms with Gasteiger partial charge in [0.15, 0.2) is 0 Å². The van der Waals surface area contributed by atoms with Gasteiger partial charge in [-0.25, -0.2) is 0 Å². The van der Waals surface area contributed by atoms with Crippen molar-refractivity contribution in [2.24, 2.45) is 0 Å². The van der Waals surface area contributed by atoms with Gasteiger partial charge in [0.05, 0.1) is 6.04 Å². The third-order valence-corrected chi connectivity index (χ3v) is 4.11. The molecule has 0 bridgehead atoms. The average molecular weight is 259 g/mol. The summed E-state index contributed by atoms with van der Waals surface area (Å²) >= 11 is 1.83. The Bertz CT molecular complexity index is 462. The molecule has 0 aliphatic heterocycles. The van der Waals surface area contributed by atoms with Crippen LogP contribution in [0.2, 0.25) is 0 Å². The lowest BCUT2D eigenvalue weighted by molar-refractivity contribution is 0.602. The van der Waals surface area contributed by atoms with Crippen molar-refractivity contribution in [1.29, 1.82) is 0 Å². The molecule has 1 N–H and O–H groups in total. The molecule has 1 atom stereocenters. The Balaban J connectivity index is 2.33. The number of thiophene rings is 1. The lowest BCUT2D eigenvalue weighted by Crippen LogP contribution is -2.23. The fourth-order valence-electron chi connectivity index (χ4n) is 2.25. The van der Waals surface area contributed by atoms with Crippen molar-refractivity contribution in [2.45, 2.75) is 32.7 Å². The van der Waals surface area contributed by atoms with E-state index >= 15 is 0 Å². The van der Waals surface area contributed by atoms with Crippen LogP contribution >= 0.6 is 11.3 Å². The molecule has 2 rings (SSSR count). The molecule has 0 aliphatic carbocycles. The Morgan fingerprint density at radius 1 is 1.11 bits per heavy atom. The van der Waals surface area contributed by atoms with Crippen LogP contribution in [0, 0.1) is 0 Å². The zero-order valence-electron chi connectivity index (χ0n) is 11.1. The summed E-state index contributed by atoms with van der Waals surface area (Å²) < 4.78 is 0. The predicted molar refractivity (Wildman–Crippen MR) is 80.3 cm³/mol. The van der Waals surface area contributed by atoms with Crippen molar-refractivity contribution in [3.05, 3.63) is 57.8 Å². The lowest BCUT2D eigenvalue weighted by Gasteiger charge is -2.20. The van der Waals surface area contributed by atoms with Gasteiger partial charge < -0.3 is 5.32 Å². The standard InChI is InChI=1S/C16H21NS/c1-3-11-17-16(15-10-7-12-18-15)14-9-6-5-8-13(14)4-2/h5-10,12,16-17H,3-4,11H2,1-2H3. The van der Waals surface area contributed by atoms with E-state index in [1.807, 2.05) is 11.3 Å². The lowest BCUT2D eigenvalue weighted by atomic mass is 9.97. The monoisotopic (exact) mass is 259 g/mol. The number of aryl methyl sites for hydroxylation is 1. The highest BCUT2D eigenvalue weighted by Crippen LogP contribution is 2.28. The van der Waals surface area contributed by atoms with Crippen molar-refractivity contribution < 1.29 is 0 Å². The molecule has 2 aromatic rings. The minimum Gasteiger partial charge on any atom is -0.306 e. The van der Waals surface area contributed by atoms with Crippen LogP contribution in [0.1, 0.15) is 42.3 Å². The van der Waals surface area contributed by atoms with Crippen LogP contribution in [-0.4, -0.2) is 6.54 Å². The second kappa shape index (κ2) is 6.72. The summed E-state index contributed by atoms with van der Waals surface area (Å²) in [6.07, 6.45) is 2.25. The Morgan fingerprint density at radius 2 is 1.94 bits per heavy atom. The van der Waals surface area contributed by atoms with Crippen LogP contribution in [0.15, 0.2) is 41.8 Å². The summed E-state index contributed by atoms with van der Waals surface area (Å²) in [4.78, 5) is 1.41. The highest BCUT2D eigenvalue weighted by Gasteiger charge is 2.16. The largest absolute Gasteiger partial charge is 0.306 e. The Labute approximate surface area is 114 Å². The maximum atomic E-state index is 3.67. The minimum atomic E-state index is 0.348. The van der Waals surface area contributed by atoms with E-state index in [1.54, 1.807) is 0 Å². The first-order valence-electron chi connectivity index (χ1n) is 6.71. The molecule has 0 amide bonds. The van der Waals surface area contributed by atoms with E-state index in [0.29, 0.717) is 6.04 Å². The molecule has 2 heteroatoms. The van der Waals surface area contributed by atoms with Crippen LogP contribution in [0.25, 0.3) is 0 Å². The first kappa shape index (κ1) is 13.3. The molecule has 0 radical (unpaired) electrons. The molecule has 1 heterocycles. The van der Waals surface area contributed by atoms with Crippen molar-refractivity contribution in [2.75, 3.05) is 6.54 Å². The summed E-state index contributed by atoms with van der Waals surface area (Å²) in [5.74, 6) is 0.